The molecule has 8 nitrogen and oxygen atoms in total. The van der Waals surface area contributed by atoms with E-state index in [9.17, 15) is 26.3 Å². The number of hydrogen-bond acceptors (Lipinski definition) is 4. The molecule has 0 bridgehead atoms. The Hall–Kier alpha value is -3.58. The van der Waals surface area contributed by atoms with E-state index in [-0.39, 0.29) is 5.96 Å². The molecule has 2 aromatic rings. The van der Waals surface area contributed by atoms with Crippen LogP contribution < -0.4 is 11.1 Å². The number of carboxylic acids is 2. The van der Waals surface area contributed by atoms with Crippen molar-refractivity contribution in [2.45, 2.75) is 12.4 Å². The summed E-state index contributed by atoms with van der Waals surface area (Å²) in [6.45, 7) is 0. The summed E-state index contributed by atoms with van der Waals surface area (Å²) >= 11 is 0. The monoisotopic (exact) mass is 414 g/mol. The van der Waals surface area contributed by atoms with Crippen LogP contribution in [0.1, 0.15) is 0 Å². The van der Waals surface area contributed by atoms with Crippen molar-refractivity contribution in [3.63, 3.8) is 0 Å². The van der Waals surface area contributed by atoms with Crippen LogP contribution in [0.2, 0.25) is 0 Å². The molecule has 0 aliphatic rings. The molecule has 0 saturated carbocycles. The standard InChI is InChI=1S/C10H10N4.2C2HF3O2/c11-10(12)14-9-8-4-2-1-3-7(8)5-6-13-9;2*3-2(4,5)1(6)7/h1-6H,(H4,11,12,13,14);2*(H,6,7). The van der Waals surface area contributed by atoms with Gasteiger partial charge in [0.2, 0.25) is 0 Å². The SMILES string of the molecule is N=C(N)Nc1nccc2ccccc12.O=C(O)C(F)(F)F.O=C(O)C(F)(F)F. The number of hydrogen-bond donors (Lipinski definition) is 5. The zero-order valence-corrected chi connectivity index (χ0v) is 13.5. The maximum atomic E-state index is 10.6. The second-order valence-corrected chi connectivity index (χ2v) is 4.53. The Morgan fingerprint density at radius 2 is 1.39 bits per heavy atom. The van der Waals surface area contributed by atoms with Crippen molar-refractivity contribution in [1.29, 1.82) is 5.41 Å². The fourth-order valence-corrected chi connectivity index (χ4v) is 1.35. The van der Waals surface area contributed by atoms with Gasteiger partial charge in [0.15, 0.2) is 5.96 Å². The number of anilines is 1. The van der Waals surface area contributed by atoms with Crippen molar-refractivity contribution >= 4 is 34.5 Å². The molecule has 14 heteroatoms. The highest BCUT2D eigenvalue weighted by Gasteiger charge is 2.38. The lowest BCUT2D eigenvalue weighted by atomic mass is 10.1. The fourth-order valence-electron chi connectivity index (χ4n) is 1.35. The predicted molar refractivity (Wildman–Crippen MR) is 84.7 cm³/mol. The highest BCUT2D eigenvalue weighted by Crippen LogP contribution is 2.19. The molecule has 0 unspecified atom stereocenters. The van der Waals surface area contributed by atoms with Crippen molar-refractivity contribution in [3.8, 4) is 0 Å². The summed E-state index contributed by atoms with van der Waals surface area (Å²) in [6, 6.07) is 9.73. The lowest BCUT2D eigenvalue weighted by molar-refractivity contribution is -0.193. The van der Waals surface area contributed by atoms with Crippen molar-refractivity contribution < 1.29 is 46.1 Å². The minimum Gasteiger partial charge on any atom is -0.475 e. The number of nitrogens with one attached hydrogen (secondary N) is 2. The van der Waals surface area contributed by atoms with Crippen LogP contribution in [0, 0.1) is 5.41 Å². The van der Waals surface area contributed by atoms with Gasteiger partial charge >= 0.3 is 24.3 Å². The first-order valence-corrected chi connectivity index (χ1v) is 6.71. The summed E-state index contributed by atoms with van der Waals surface area (Å²) in [5.41, 5.74) is 5.25. The van der Waals surface area contributed by atoms with E-state index in [1.54, 1.807) is 6.20 Å². The van der Waals surface area contributed by atoms with Crippen LogP contribution in [0.4, 0.5) is 32.2 Å². The third kappa shape index (κ3) is 9.21. The van der Waals surface area contributed by atoms with E-state index in [0.29, 0.717) is 5.82 Å². The van der Waals surface area contributed by atoms with Gasteiger partial charge in [0, 0.05) is 11.6 Å². The van der Waals surface area contributed by atoms with E-state index in [0.717, 1.165) is 10.8 Å². The topological polar surface area (TPSA) is 149 Å². The Balaban J connectivity index is 0.000000444. The number of aliphatic carboxylic acids is 2. The second-order valence-electron chi connectivity index (χ2n) is 4.53. The van der Waals surface area contributed by atoms with E-state index in [1.807, 2.05) is 30.3 Å². The maximum Gasteiger partial charge on any atom is 0.490 e. The summed E-state index contributed by atoms with van der Waals surface area (Å²) < 4.78 is 63.5. The van der Waals surface area contributed by atoms with Gasteiger partial charge in [-0.3, -0.25) is 5.41 Å². The molecule has 0 fully saturated rings. The van der Waals surface area contributed by atoms with Crippen LogP contribution in [0.15, 0.2) is 36.5 Å². The predicted octanol–water partition coefficient (Wildman–Crippen LogP) is 2.81. The number of fused-ring (bicyclic) bond motifs is 1. The van der Waals surface area contributed by atoms with Crippen molar-refractivity contribution in [2.24, 2.45) is 5.73 Å². The van der Waals surface area contributed by atoms with Gasteiger partial charge in [0.05, 0.1) is 0 Å². The fraction of sp³-hybridized carbons (Fsp3) is 0.143. The molecule has 1 aromatic heterocycles. The van der Waals surface area contributed by atoms with Crippen LogP contribution >= 0.6 is 0 Å². The molecule has 0 radical (unpaired) electrons. The highest BCUT2D eigenvalue weighted by atomic mass is 19.4. The van der Waals surface area contributed by atoms with Crippen LogP contribution in [0.25, 0.3) is 10.8 Å². The van der Waals surface area contributed by atoms with Crippen molar-refractivity contribution in [2.75, 3.05) is 5.32 Å². The van der Waals surface area contributed by atoms with Gasteiger partial charge in [-0.25, -0.2) is 14.6 Å². The lowest BCUT2D eigenvalue weighted by Gasteiger charge is -2.05. The Labute approximate surface area is 152 Å². The zero-order valence-electron chi connectivity index (χ0n) is 13.5. The number of nitrogens with zero attached hydrogens (tertiary/aromatic N) is 1. The molecule has 1 aromatic carbocycles. The quantitative estimate of drug-likeness (QED) is 0.274. The first kappa shape index (κ1) is 24.4. The number of aromatic nitrogens is 1. The van der Waals surface area contributed by atoms with Gasteiger partial charge in [0.1, 0.15) is 5.82 Å². The molecule has 28 heavy (non-hydrogen) atoms. The van der Waals surface area contributed by atoms with E-state index < -0.39 is 24.3 Å². The molecule has 0 amide bonds. The molecule has 2 rings (SSSR count). The Morgan fingerprint density at radius 3 is 1.79 bits per heavy atom. The molecule has 0 aliphatic carbocycles. The van der Waals surface area contributed by atoms with E-state index in [4.69, 9.17) is 30.9 Å². The van der Waals surface area contributed by atoms with Gasteiger partial charge in [-0.05, 0) is 11.5 Å². The zero-order chi connectivity index (χ0) is 22.1. The third-order valence-corrected chi connectivity index (χ3v) is 2.41. The molecule has 0 aliphatic heterocycles. The normalized spacial score (nSPS) is 10.6. The average molecular weight is 414 g/mol. The second kappa shape index (κ2) is 9.94. The average Bonchev–Trinajstić information content (AvgIpc) is 2.54. The third-order valence-electron chi connectivity index (χ3n) is 2.41. The number of nitrogens with two attached hydrogens (primary N) is 1. The smallest absolute Gasteiger partial charge is 0.475 e. The van der Waals surface area contributed by atoms with Crippen LogP contribution in [0.5, 0.6) is 0 Å². The first-order chi connectivity index (χ1) is 12.7. The van der Waals surface area contributed by atoms with Gasteiger partial charge in [-0.2, -0.15) is 26.3 Å². The molecule has 1 heterocycles. The molecule has 154 valence electrons. The van der Waals surface area contributed by atoms with Crippen LogP contribution in [0.3, 0.4) is 0 Å². The minimum absolute atomic E-state index is 0.103. The summed E-state index contributed by atoms with van der Waals surface area (Å²) in [5, 5.41) is 26.1. The minimum atomic E-state index is -5.08. The van der Waals surface area contributed by atoms with E-state index in [1.165, 1.54) is 0 Å². The Kier molecular flexibility index (Phi) is 8.67. The van der Waals surface area contributed by atoms with Crippen molar-refractivity contribution in [3.05, 3.63) is 36.5 Å². The number of carbonyl (C=O) groups is 2. The number of halogens is 6. The number of guanidine groups is 1. The number of pyridine rings is 1. The van der Waals surface area contributed by atoms with Crippen LogP contribution in [-0.2, 0) is 9.59 Å². The molecule has 0 spiro atoms. The highest BCUT2D eigenvalue weighted by molar-refractivity contribution is 5.99. The Morgan fingerprint density at radius 1 is 0.964 bits per heavy atom. The molecule has 0 atom stereocenters. The van der Waals surface area contributed by atoms with Crippen molar-refractivity contribution in [1.82, 2.24) is 4.98 Å². The number of carboxylic acid groups (broad SMARTS) is 2. The maximum absolute atomic E-state index is 10.6. The van der Waals surface area contributed by atoms with E-state index >= 15 is 0 Å². The summed E-state index contributed by atoms with van der Waals surface area (Å²) in [6.07, 6.45) is -8.48. The molecular weight excluding hydrogens is 402 g/mol. The summed E-state index contributed by atoms with van der Waals surface area (Å²) in [7, 11) is 0. The molecular formula is C14H12F6N4O4. The summed E-state index contributed by atoms with van der Waals surface area (Å²) in [5.74, 6) is -5.00. The van der Waals surface area contributed by atoms with Gasteiger partial charge in [0.25, 0.3) is 0 Å². The number of alkyl halides is 6. The summed E-state index contributed by atoms with van der Waals surface area (Å²) in [4.78, 5) is 21.9. The molecule has 6 N–H and O–H groups in total. The first-order valence-electron chi connectivity index (χ1n) is 6.71. The van der Waals surface area contributed by atoms with E-state index in [2.05, 4.69) is 10.3 Å². The Bertz CT molecular complexity index is 809. The van der Waals surface area contributed by atoms with Gasteiger partial charge in [-0.15, -0.1) is 0 Å². The van der Waals surface area contributed by atoms with Crippen LogP contribution in [-0.4, -0.2) is 45.4 Å². The lowest BCUT2D eigenvalue weighted by Crippen LogP contribution is -2.21. The van der Waals surface area contributed by atoms with Gasteiger partial charge in [-0.1, -0.05) is 24.3 Å². The largest absolute Gasteiger partial charge is 0.490 e. The number of benzene rings is 1. The van der Waals surface area contributed by atoms with Gasteiger partial charge < -0.3 is 21.3 Å². The molecule has 0 saturated heterocycles. The number of rotatable bonds is 1.